The minimum Gasteiger partial charge on any atom is -0.462 e. The van der Waals surface area contributed by atoms with Crippen LogP contribution >= 0.6 is 0 Å². The first-order valence-corrected chi connectivity index (χ1v) is 7.61. The molecule has 2 unspecified atom stereocenters. The van der Waals surface area contributed by atoms with Crippen LogP contribution in [0.2, 0.25) is 0 Å². The molecule has 0 N–H and O–H groups in total. The Hall–Kier alpha value is -1.05. The molecule has 0 aromatic carbocycles. The summed E-state index contributed by atoms with van der Waals surface area (Å²) >= 11 is 0. The number of hydrogen-bond donors (Lipinski definition) is 0. The van der Waals surface area contributed by atoms with E-state index in [1.807, 2.05) is 0 Å². The van der Waals surface area contributed by atoms with Crippen LogP contribution in [0.5, 0.6) is 0 Å². The summed E-state index contributed by atoms with van der Waals surface area (Å²) in [4.78, 5) is 11.2. The molecule has 2 atom stereocenters. The van der Waals surface area contributed by atoms with Gasteiger partial charge in [-0.15, -0.1) is 0 Å². The van der Waals surface area contributed by atoms with Gasteiger partial charge in [-0.3, -0.25) is 0 Å². The van der Waals surface area contributed by atoms with Crippen molar-refractivity contribution in [2.75, 3.05) is 6.61 Å². The molecule has 0 spiro atoms. The van der Waals surface area contributed by atoms with Crippen molar-refractivity contribution >= 4 is 5.97 Å². The second-order valence-corrected chi connectivity index (χ2v) is 6.25. The van der Waals surface area contributed by atoms with E-state index in [-0.39, 0.29) is 5.97 Å². The number of carbonyl (C=O) groups excluding carboxylic acids is 1. The molecule has 0 aromatic rings. The molecule has 1 fully saturated rings. The van der Waals surface area contributed by atoms with Gasteiger partial charge in [0.05, 0.1) is 6.61 Å². The van der Waals surface area contributed by atoms with Crippen molar-refractivity contribution in [1.82, 2.24) is 0 Å². The first-order chi connectivity index (χ1) is 9.08. The highest BCUT2D eigenvalue weighted by Crippen LogP contribution is 2.47. The first-order valence-electron chi connectivity index (χ1n) is 7.61. The van der Waals surface area contributed by atoms with Crippen molar-refractivity contribution < 1.29 is 9.53 Å². The normalized spacial score (nSPS) is 22.7. The molecule has 2 nitrogen and oxygen atoms in total. The summed E-state index contributed by atoms with van der Waals surface area (Å²) in [6, 6.07) is 0. The number of carbonyl (C=O) groups is 1. The lowest BCUT2D eigenvalue weighted by molar-refractivity contribution is -0.139. The van der Waals surface area contributed by atoms with Gasteiger partial charge in [0.15, 0.2) is 0 Å². The van der Waals surface area contributed by atoms with Crippen LogP contribution in [0, 0.1) is 11.8 Å². The van der Waals surface area contributed by atoms with E-state index in [9.17, 15) is 4.79 Å². The van der Waals surface area contributed by atoms with Crippen LogP contribution in [0.1, 0.15) is 58.8 Å². The van der Waals surface area contributed by atoms with Gasteiger partial charge < -0.3 is 4.74 Å². The summed E-state index contributed by atoms with van der Waals surface area (Å²) in [5, 5.41) is 0. The fourth-order valence-corrected chi connectivity index (χ4v) is 3.42. The molecule has 2 bridgehead atoms. The lowest BCUT2D eigenvalue weighted by Crippen LogP contribution is -2.07. The van der Waals surface area contributed by atoms with Crippen LogP contribution in [0.3, 0.4) is 0 Å². The second kappa shape index (κ2) is 6.40. The summed E-state index contributed by atoms with van der Waals surface area (Å²) in [6.45, 7) is 8.16. The standard InChI is InChI=1S/C17H26O2/c1-12(2)17(18)19-9-5-4-6-13(3)16-11-14-7-8-15(16)10-14/h13-14H,1,4-11H2,2-3H3. The van der Waals surface area contributed by atoms with Crippen LogP contribution < -0.4 is 0 Å². The molecular weight excluding hydrogens is 236 g/mol. The van der Waals surface area contributed by atoms with E-state index >= 15 is 0 Å². The molecule has 0 heterocycles. The molecule has 0 aromatic heterocycles. The zero-order valence-corrected chi connectivity index (χ0v) is 12.3. The maximum Gasteiger partial charge on any atom is 0.333 e. The summed E-state index contributed by atoms with van der Waals surface area (Å²) < 4.78 is 5.11. The van der Waals surface area contributed by atoms with E-state index in [2.05, 4.69) is 13.5 Å². The SMILES string of the molecule is C=C(C)C(=O)OCCCCC(C)C1=C2CCC(C2)C1. The molecule has 2 aliphatic rings. The maximum absolute atomic E-state index is 11.2. The molecule has 2 rings (SSSR count). The highest BCUT2D eigenvalue weighted by atomic mass is 16.5. The highest BCUT2D eigenvalue weighted by molar-refractivity contribution is 5.86. The van der Waals surface area contributed by atoms with Crippen LogP contribution in [0.15, 0.2) is 23.3 Å². The highest BCUT2D eigenvalue weighted by Gasteiger charge is 2.31. The Bertz CT molecular complexity index is 392. The topological polar surface area (TPSA) is 26.3 Å². The molecule has 0 amide bonds. The lowest BCUT2D eigenvalue weighted by Gasteiger charge is -2.19. The lowest BCUT2D eigenvalue weighted by atomic mass is 9.87. The fourth-order valence-electron chi connectivity index (χ4n) is 3.42. The Morgan fingerprint density at radius 1 is 1.42 bits per heavy atom. The quantitative estimate of drug-likeness (QED) is 0.294. The van der Waals surface area contributed by atoms with Crippen LogP contribution in [-0.2, 0) is 9.53 Å². The summed E-state index contributed by atoms with van der Waals surface area (Å²) in [6.07, 6.45) is 8.89. The third kappa shape index (κ3) is 3.71. The first kappa shape index (κ1) is 14.4. The van der Waals surface area contributed by atoms with Gasteiger partial charge in [-0.1, -0.05) is 24.6 Å². The smallest absolute Gasteiger partial charge is 0.333 e. The number of allylic oxidation sites excluding steroid dienone is 2. The number of hydrogen-bond acceptors (Lipinski definition) is 2. The predicted octanol–water partition coefficient (Wildman–Crippen LogP) is 4.41. The largest absolute Gasteiger partial charge is 0.462 e. The van der Waals surface area contributed by atoms with Gasteiger partial charge in [0.25, 0.3) is 0 Å². The predicted molar refractivity (Wildman–Crippen MR) is 77.8 cm³/mol. The summed E-state index contributed by atoms with van der Waals surface area (Å²) in [5.41, 5.74) is 4.02. The molecular formula is C17H26O2. The van der Waals surface area contributed by atoms with E-state index in [1.165, 1.54) is 32.1 Å². The zero-order chi connectivity index (χ0) is 13.8. The molecule has 2 heteroatoms. The Labute approximate surface area is 116 Å². The average Bonchev–Trinajstić information content (AvgIpc) is 2.99. The Morgan fingerprint density at radius 2 is 2.21 bits per heavy atom. The van der Waals surface area contributed by atoms with Gasteiger partial charge in [-0.25, -0.2) is 4.79 Å². The van der Waals surface area contributed by atoms with E-state index in [4.69, 9.17) is 4.74 Å². The molecule has 1 saturated carbocycles. The molecule has 0 aliphatic heterocycles. The Kier molecular flexibility index (Phi) is 4.84. The van der Waals surface area contributed by atoms with Gasteiger partial charge in [0, 0.05) is 5.57 Å². The molecule has 106 valence electrons. The molecule has 0 saturated heterocycles. The van der Waals surface area contributed by atoms with Crippen LogP contribution in [0.25, 0.3) is 0 Å². The second-order valence-electron chi connectivity index (χ2n) is 6.25. The van der Waals surface area contributed by atoms with Gasteiger partial charge >= 0.3 is 5.97 Å². The van der Waals surface area contributed by atoms with Crippen molar-refractivity contribution in [1.29, 1.82) is 0 Å². The zero-order valence-electron chi connectivity index (χ0n) is 12.3. The van der Waals surface area contributed by atoms with Crippen molar-refractivity contribution in [3.05, 3.63) is 23.3 Å². The summed E-state index contributed by atoms with van der Waals surface area (Å²) in [5.74, 6) is 1.45. The monoisotopic (exact) mass is 262 g/mol. The Morgan fingerprint density at radius 3 is 2.79 bits per heavy atom. The summed E-state index contributed by atoms with van der Waals surface area (Å²) in [7, 11) is 0. The van der Waals surface area contributed by atoms with Crippen molar-refractivity contribution in [2.24, 2.45) is 11.8 Å². The van der Waals surface area contributed by atoms with Crippen LogP contribution in [0.4, 0.5) is 0 Å². The van der Waals surface area contributed by atoms with Gasteiger partial charge in [0.1, 0.15) is 0 Å². The van der Waals surface area contributed by atoms with Crippen molar-refractivity contribution in [3.8, 4) is 0 Å². The van der Waals surface area contributed by atoms with Crippen molar-refractivity contribution in [2.45, 2.75) is 58.8 Å². The minimum atomic E-state index is -0.258. The van der Waals surface area contributed by atoms with Crippen molar-refractivity contribution in [3.63, 3.8) is 0 Å². The maximum atomic E-state index is 11.2. The van der Waals surface area contributed by atoms with E-state index in [0.717, 1.165) is 24.7 Å². The fraction of sp³-hybridized carbons (Fsp3) is 0.706. The van der Waals surface area contributed by atoms with E-state index in [1.54, 1.807) is 18.1 Å². The van der Waals surface area contributed by atoms with Gasteiger partial charge in [-0.2, -0.15) is 0 Å². The number of fused-ring (bicyclic) bond motifs is 2. The average molecular weight is 262 g/mol. The molecule has 19 heavy (non-hydrogen) atoms. The van der Waals surface area contributed by atoms with Gasteiger partial charge in [-0.05, 0) is 63.7 Å². The number of esters is 1. The van der Waals surface area contributed by atoms with Crippen LogP contribution in [-0.4, -0.2) is 12.6 Å². The minimum absolute atomic E-state index is 0.258. The molecule has 0 radical (unpaired) electrons. The van der Waals surface area contributed by atoms with E-state index < -0.39 is 0 Å². The van der Waals surface area contributed by atoms with Gasteiger partial charge in [0.2, 0.25) is 0 Å². The molecule has 2 aliphatic carbocycles. The third-order valence-electron chi connectivity index (χ3n) is 4.56. The Balaban J connectivity index is 1.61. The van der Waals surface area contributed by atoms with E-state index in [0.29, 0.717) is 12.2 Å². The number of unbranched alkanes of at least 4 members (excludes halogenated alkanes) is 1. The number of ether oxygens (including phenoxy) is 1. The third-order valence-corrected chi connectivity index (χ3v) is 4.56. The number of rotatable bonds is 7.